The van der Waals surface area contributed by atoms with Gasteiger partial charge in [-0.2, -0.15) is 0 Å². The second-order valence-corrected chi connectivity index (χ2v) is 3.38. The Morgan fingerprint density at radius 2 is 2.00 bits per heavy atom. The van der Waals surface area contributed by atoms with Gasteiger partial charge in [0.15, 0.2) is 0 Å². The third-order valence-corrected chi connectivity index (χ3v) is 2.40. The van der Waals surface area contributed by atoms with Crippen molar-refractivity contribution in [2.24, 2.45) is 0 Å². The van der Waals surface area contributed by atoms with Crippen molar-refractivity contribution in [3.63, 3.8) is 0 Å². The molecule has 82 valence electrons. The van der Waals surface area contributed by atoms with Gasteiger partial charge in [0.1, 0.15) is 5.75 Å². The second-order valence-electron chi connectivity index (χ2n) is 3.38. The van der Waals surface area contributed by atoms with E-state index in [2.05, 4.69) is 0 Å². The van der Waals surface area contributed by atoms with Crippen LogP contribution in [0.25, 0.3) is 0 Å². The molecule has 1 aliphatic heterocycles. The minimum absolute atomic E-state index is 0.263. The fraction of sp³-hybridized carbons (Fsp3) is 0.167. The summed E-state index contributed by atoms with van der Waals surface area (Å²) in [5, 5.41) is 0. The third kappa shape index (κ3) is 1.82. The van der Waals surface area contributed by atoms with E-state index in [4.69, 9.17) is 4.74 Å². The predicted molar refractivity (Wildman–Crippen MR) is 58.2 cm³/mol. The number of benzene rings is 1. The van der Waals surface area contributed by atoms with Crippen LogP contribution in [0.5, 0.6) is 5.75 Å². The number of carbonyl (C=O) groups is 2. The van der Waals surface area contributed by atoms with E-state index < -0.39 is 0 Å². The van der Waals surface area contributed by atoms with Gasteiger partial charge in [0.25, 0.3) is 11.8 Å². The maximum absolute atomic E-state index is 11.9. The Bertz CT molecular complexity index is 448. The molecule has 1 aromatic rings. The second kappa shape index (κ2) is 4.18. The fourth-order valence-corrected chi connectivity index (χ4v) is 1.51. The van der Waals surface area contributed by atoms with E-state index in [1.54, 1.807) is 37.5 Å². The SMILES string of the molecule is COc1ccc(C(=O)N2CC=CC2=O)cc1. The molecule has 0 fully saturated rings. The van der Waals surface area contributed by atoms with Crippen molar-refractivity contribution < 1.29 is 14.3 Å². The van der Waals surface area contributed by atoms with Gasteiger partial charge in [-0.25, -0.2) is 0 Å². The number of imide groups is 1. The maximum atomic E-state index is 11.9. The van der Waals surface area contributed by atoms with Gasteiger partial charge in [0.2, 0.25) is 0 Å². The van der Waals surface area contributed by atoms with Gasteiger partial charge in [-0.1, -0.05) is 6.08 Å². The summed E-state index contributed by atoms with van der Waals surface area (Å²) in [6, 6.07) is 6.68. The number of rotatable bonds is 2. The lowest BCUT2D eigenvalue weighted by atomic mass is 10.2. The van der Waals surface area contributed by atoms with Crippen molar-refractivity contribution in [3.8, 4) is 5.75 Å². The average Bonchev–Trinajstić information content (AvgIpc) is 2.75. The molecule has 4 nitrogen and oxygen atoms in total. The molecule has 2 amide bonds. The highest BCUT2D eigenvalue weighted by Crippen LogP contribution is 2.14. The molecule has 16 heavy (non-hydrogen) atoms. The molecular formula is C12H11NO3. The standard InChI is InChI=1S/C12H11NO3/c1-16-10-6-4-9(5-7-10)12(15)13-8-2-3-11(13)14/h2-7H,8H2,1H3. The summed E-state index contributed by atoms with van der Waals surface area (Å²) in [6.45, 7) is 0.351. The molecule has 2 rings (SSSR count). The van der Waals surface area contributed by atoms with Gasteiger partial charge in [0, 0.05) is 18.2 Å². The van der Waals surface area contributed by atoms with Crippen molar-refractivity contribution in [2.45, 2.75) is 0 Å². The molecular weight excluding hydrogens is 206 g/mol. The summed E-state index contributed by atoms with van der Waals surface area (Å²) in [5.41, 5.74) is 0.484. The largest absolute Gasteiger partial charge is 0.497 e. The lowest BCUT2D eigenvalue weighted by Gasteiger charge is -2.13. The van der Waals surface area contributed by atoms with Gasteiger partial charge in [-0.05, 0) is 24.3 Å². The smallest absolute Gasteiger partial charge is 0.261 e. The molecule has 0 unspecified atom stereocenters. The predicted octanol–water partition coefficient (Wildman–Crippen LogP) is 1.23. The maximum Gasteiger partial charge on any atom is 0.261 e. The van der Waals surface area contributed by atoms with Crippen LogP contribution in [0.15, 0.2) is 36.4 Å². The normalized spacial score (nSPS) is 14.3. The van der Waals surface area contributed by atoms with Crippen LogP contribution in [-0.4, -0.2) is 30.4 Å². The van der Waals surface area contributed by atoms with Crippen LogP contribution in [0.1, 0.15) is 10.4 Å². The first-order valence-electron chi connectivity index (χ1n) is 4.89. The van der Waals surface area contributed by atoms with Gasteiger partial charge >= 0.3 is 0 Å². The zero-order valence-corrected chi connectivity index (χ0v) is 8.84. The van der Waals surface area contributed by atoms with Crippen molar-refractivity contribution in [3.05, 3.63) is 42.0 Å². The van der Waals surface area contributed by atoms with Crippen molar-refractivity contribution in [2.75, 3.05) is 13.7 Å². The van der Waals surface area contributed by atoms with Crippen LogP contribution >= 0.6 is 0 Å². The highest BCUT2D eigenvalue weighted by Gasteiger charge is 2.23. The quantitative estimate of drug-likeness (QED) is 0.700. The van der Waals surface area contributed by atoms with E-state index in [9.17, 15) is 9.59 Å². The van der Waals surface area contributed by atoms with E-state index >= 15 is 0 Å². The third-order valence-electron chi connectivity index (χ3n) is 2.40. The Kier molecular flexibility index (Phi) is 2.72. The molecule has 0 spiro atoms. The van der Waals surface area contributed by atoms with Crippen LogP contribution in [0.2, 0.25) is 0 Å². The number of hydrogen-bond donors (Lipinski definition) is 0. The fourth-order valence-electron chi connectivity index (χ4n) is 1.51. The summed E-state index contributed by atoms with van der Waals surface area (Å²) < 4.78 is 4.99. The topological polar surface area (TPSA) is 46.6 Å². The zero-order chi connectivity index (χ0) is 11.5. The molecule has 4 heteroatoms. The molecule has 0 atom stereocenters. The highest BCUT2D eigenvalue weighted by atomic mass is 16.5. The summed E-state index contributed by atoms with van der Waals surface area (Å²) in [6.07, 6.45) is 3.07. The number of amides is 2. The van der Waals surface area contributed by atoms with E-state index in [-0.39, 0.29) is 11.8 Å². The summed E-state index contributed by atoms with van der Waals surface area (Å²) in [7, 11) is 1.56. The number of nitrogens with zero attached hydrogens (tertiary/aromatic N) is 1. The summed E-state index contributed by atoms with van der Waals surface area (Å²) >= 11 is 0. The minimum atomic E-state index is -0.280. The van der Waals surface area contributed by atoms with Crippen LogP contribution < -0.4 is 4.74 Å². The minimum Gasteiger partial charge on any atom is -0.497 e. The van der Waals surface area contributed by atoms with Crippen LogP contribution in [0, 0.1) is 0 Å². The van der Waals surface area contributed by atoms with Crippen molar-refractivity contribution in [1.82, 2.24) is 4.90 Å². The lowest BCUT2D eigenvalue weighted by molar-refractivity contribution is -0.122. The number of carbonyl (C=O) groups excluding carboxylic acids is 2. The molecule has 0 bridgehead atoms. The van der Waals surface area contributed by atoms with E-state index in [1.165, 1.54) is 11.0 Å². The Morgan fingerprint density at radius 1 is 1.31 bits per heavy atom. The average molecular weight is 217 g/mol. The van der Waals surface area contributed by atoms with Gasteiger partial charge in [-0.15, -0.1) is 0 Å². The summed E-state index contributed by atoms with van der Waals surface area (Å²) in [5.74, 6) is 0.140. The van der Waals surface area contributed by atoms with E-state index in [0.717, 1.165) is 0 Å². The monoisotopic (exact) mass is 217 g/mol. The molecule has 0 aromatic heterocycles. The van der Waals surface area contributed by atoms with E-state index in [0.29, 0.717) is 17.9 Å². The first-order valence-corrected chi connectivity index (χ1v) is 4.89. The first-order chi connectivity index (χ1) is 7.72. The summed E-state index contributed by atoms with van der Waals surface area (Å²) in [4.78, 5) is 24.4. The molecule has 1 aliphatic rings. The van der Waals surface area contributed by atoms with Gasteiger partial charge < -0.3 is 4.74 Å². The molecule has 0 saturated carbocycles. The molecule has 1 aromatic carbocycles. The van der Waals surface area contributed by atoms with Crippen LogP contribution in [0.3, 0.4) is 0 Å². The number of methoxy groups -OCH3 is 1. The molecule has 0 aliphatic carbocycles. The molecule has 0 saturated heterocycles. The molecule has 1 heterocycles. The Balaban J connectivity index is 2.18. The number of hydrogen-bond acceptors (Lipinski definition) is 3. The first kappa shape index (κ1) is 10.4. The van der Waals surface area contributed by atoms with Crippen LogP contribution in [0.4, 0.5) is 0 Å². The van der Waals surface area contributed by atoms with Gasteiger partial charge in [0.05, 0.1) is 7.11 Å². The zero-order valence-electron chi connectivity index (χ0n) is 8.84. The Labute approximate surface area is 93.1 Å². The Morgan fingerprint density at radius 3 is 2.50 bits per heavy atom. The molecule has 0 radical (unpaired) electrons. The van der Waals surface area contributed by atoms with Crippen LogP contribution in [-0.2, 0) is 4.79 Å². The van der Waals surface area contributed by atoms with Gasteiger partial charge in [-0.3, -0.25) is 14.5 Å². The van der Waals surface area contributed by atoms with Crippen molar-refractivity contribution >= 4 is 11.8 Å². The lowest BCUT2D eigenvalue weighted by Crippen LogP contribution is -2.32. The molecule has 0 N–H and O–H groups in total. The highest BCUT2D eigenvalue weighted by molar-refractivity contribution is 6.09. The number of ether oxygens (including phenoxy) is 1. The Hall–Kier alpha value is -2.10. The van der Waals surface area contributed by atoms with E-state index in [1.807, 2.05) is 0 Å². The van der Waals surface area contributed by atoms with Crippen molar-refractivity contribution in [1.29, 1.82) is 0 Å².